The van der Waals surface area contributed by atoms with Crippen molar-refractivity contribution in [1.82, 2.24) is 0 Å². The Morgan fingerprint density at radius 1 is 0.855 bits per heavy atom. The van der Waals surface area contributed by atoms with Gasteiger partial charge in [-0.25, -0.2) is 4.79 Å². The van der Waals surface area contributed by atoms with Gasteiger partial charge < -0.3 is 33.9 Å². The molecule has 69 heavy (non-hydrogen) atoms. The summed E-state index contributed by atoms with van der Waals surface area (Å²) in [6, 6.07) is 0. The molecular weight excluding hydrogens is 869 g/mol. The summed E-state index contributed by atoms with van der Waals surface area (Å²) in [4.78, 5) is 38.5. The second-order valence-corrected chi connectivity index (χ2v) is 24.6. The maximum absolute atomic E-state index is 13.7. The third-order valence-corrected chi connectivity index (χ3v) is 21.2. The van der Waals surface area contributed by atoms with Gasteiger partial charge in [0.05, 0.1) is 51.8 Å². The van der Waals surface area contributed by atoms with Crippen LogP contribution in [0.2, 0.25) is 0 Å². The number of carbonyl (C=O) groups is 3. The molecule has 0 aromatic rings. The second kappa shape index (κ2) is 21.5. The largest absolute Gasteiger partial charge is 0.456 e. The minimum Gasteiger partial charge on any atom is -0.456 e. The van der Waals surface area contributed by atoms with E-state index in [1.54, 1.807) is 17.7 Å². The molecule has 8 aliphatic carbocycles. The minimum absolute atomic E-state index is 0.0431. The smallest absolute Gasteiger partial charge is 0.332 e. The fraction of sp³-hybridized carbons (Fsp3) is 0.814. The standard InChI is InChI=1S/C59H90O10/c1-9-40(38(2)3)12-10-11-39(4)48-17-18-49-47-16-15-43-35-46(21-24-55(43,5)50(47)22-25-57(48,49)7)68-32-31-66-28-27-65-29-30-67-37-52(62)69-36-51(61)59(64)26-19-44-33-41-13-14-42-34-45(60)20-23-56(42,6)53(41)54(63)58(44,59)8/h10-11,15,20,23,34,38-41,44,46-50,53-54,63-64H,9,12-14,16-19,21-22,24-33,35-37H2,1-8H3/b11-10+/t39-,40-,41+,44+,46+,47+,48-,49+,50+,53-,54-,55+,56+,57-,58-,59+/m1/s1. The number of allylic oxidation sites excluding steroid dienone is 7. The normalized spacial score (nSPS) is 41.0. The third kappa shape index (κ3) is 10.0. The maximum Gasteiger partial charge on any atom is 0.332 e. The number of carbonyl (C=O) groups excluding carboxylic acids is 3. The number of Topliss-reactive ketones (excluding diaryl/α,β-unsaturated/α-hetero) is 1. The first-order valence-corrected chi connectivity index (χ1v) is 27.6. The fourth-order valence-electron chi connectivity index (χ4n) is 16.9. The van der Waals surface area contributed by atoms with Gasteiger partial charge in [-0.2, -0.15) is 0 Å². The summed E-state index contributed by atoms with van der Waals surface area (Å²) >= 11 is 0. The van der Waals surface area contributed by atoms with Crippen LogP contribution >= 0.6 is 0 Å². The highest BCUT2D eigenvalue weighted by Crippen LogP contribution is 2.68. The predicted molar refractivity (Wildman–Crippen MR) is 268 cm³/mol. The molecule has 0 aromatic heterocycles. The van der Waals surface area contributed by atoms with Gasteiger partial charge in [0.15, 0.2) is 12.4 Å². The molecule has 6 saturated carbocycles. The average Bonchev–Trinajstić information content (AvgIpc) is 3.82. The molecule has 0 saturated heterocycles. The molecule has 0 radical (unpaired) electrons. The molecule has 0 heterocycles. The molecule has 8 aliphatic rings. The Morgan fingerprint density at radius 3 is 2.33 bits per heavy atom. The Bertz CT molecular complexity index is 1970. The van der Waals surface area contributed by atoms with E-state index in [0.29, 0.717) is 49.6 Å². The summed E-state index contributed by atoms with van der Waals surface area (Å²) in [5.41, 5.74) is -0.0481. The summed E-state index contributed by atoms with van der Waals surface area (Å²) in [5.74, 6) is 4.06. The van der Waals surface area contributed by atoms with Gasteiger partial charge in [0.1, 0.15) is 12.2 Å². The zero-order valence-corrected chi connectivity index (χ0v) is 43.8. The quantitative estimate of drug-likeness (QED) is 0.0650. The molecule has 6 fully saturated rings. The molecule has 0 bridgehead atoms. The summed E-state index contributed by atoms with van der Waals surface area (Å²) < 4.78 is 28.6. The van der Waals surface area contributed by atoms with Gasteiger partial charge in [-0.15, -0.1) is 0 Å². The number of aliphatic hydroxyl groups is 2. The number of hydrogen-bond acceptors (Lipinski definition) is 10. The van der Waals surface area contributed by atoms with Gasteiger partial charge in [-0.05, 0) is 166 Å². The molecule has 16 atom stereocenters. The first-order valence-electron chi connectivity index (χ1n) is 27.6. The van der Waals surface area contributed by atoms with Gasteiger partial charge in [-0.3, -0.25) is 9.59 Å². The van der Waals surface area contributed by atoms with Crippen molar-refractivity contribution in [3.8, 4) is 0 Å². The van der Waals surface area contributed by atoms with Crippen LogP contribution in [0.5, 0.6) is 0 Å². The Kier molecular flexibility index (Phi) is 16.5. The Hall–Kier alpha value is -2.47. The van der Waals surface area contributed by atoms with Gasteiger partial charge in [-0.1, -0.05) is 97.3 Å². The van der Waals surface area contributed by atoms with E-state index in [1.165, 1.54) is 51.4 Å². The molecule has 0 amide bonds. The lowest BCUT2D eigenvalue weighted by Crippen LogP contribution is -2.65. The fourth-order valence-corrected chi connectivity index (χ4v) is 16.9. The lowest BCUT2D eigenvalue weighted by molar-refractivity contribution is -0.202. The van der Waals surface area contributed by atoms with Crippen molar-refractivity contribution < 1.29 is 48.3 Å². The Morgan fingerprint density at radius 2 is 1.59 bits per heavy atom. The highest BCUT2D eigenvalue weighted by molar-refractivity contribution is 6.01. The zero-order valence-electron chi connectivity index (χ0n) is 43.8. The first kappa shape index (κ1) is 52.8. The average molecular weight is 959 g/mol. The minimum atomic E-state index is -1.84. The van der Waals surface area contributed by atoms with Crippen LogP contribution < -0.4 is 0 Å². The van der Waals surface area contributed by atoms with E-state index in [4.69, 9.17) is 23.7 Å². The van der Waals surface area contributed by atoms with Gasteiger partial charge >= 0.3 is 5.97 Å². The van der Waals surface area contributed by atoms with Crippen molar-refractivity contribution in [2.24, 2.45) is 80.8 Å². The highest BCUT2D eigenvalue weighted by Gasteiger charge is 2.70. The highest BCUT2D eigenvalue weighted by atomic mass is 16.6. The molecule has 0 aliphatic heterocycles. The van der Waals surface area contributed by atoms with E-state index in [-0.39, 0.29) is 55.9 Å². The molecule has 10 heteroatoms. The number of ketones is 2. The molecule has 8 rings (SSSR count). The van der Waals surface area contributed by atoms with E-state index < -0.39 is 40.9 Å². The van der Waals surface area contributed by atoms with Crippen LogP contribution in [0.1, 0.15) is 152 Å². The summed E-state index contributed by atoms with van der Waals surface area (Å²) in [6.07, 6.45) is 28.2. The summed E-state index contributed by atoms with van der Waals surface area (Å²) in [5, 5.41) is 24.1. The van der Waals surface area contributed by atoms with Crippen LogP contribution in [-0.4, -0.2) is 98.4 Å². The van der Waals surface area contributed by atoms with Gasteiger partial charge in [0.2, 0.25) is 5.78 Å². The number of rotatable bonds is 21. The zero-order chi connectivity index (χ0) is 49.4. The molecular formula is C59H90O10. The van der Waals surface area contributed by atoms with Crippen molar-refractivity contribution in [1.29, 1.82) is 0 Å². The lowest BCUT2D eigenvalue weighted by atomic mass is 9.46. The van der Waals surface area contributed by atoms with Gasteiger partial charge in [0.25, 0.3) is 0 Å². The third-order valence-electron chi connectivity index (χ3n) is 21.2. The molecule has 2 N–H and O–H groups in total. The second-order valence-electron chi connectivity index (χ2n) is 24.6. The van der Waals surface area contributed by atoms with E-state index in [2.05, 4.69) is 66.7 Å². The van der Waals surface area contributed by atoms with Crippen LogP contribution in [0.4, 0.5) is 0 Å². The van der Waals surface area contributed by atoms with Crippen LogP contribution in [0.3, 0.4) is 0 Å². The maximum atomic E-state index is 13.7. The van der Waals surface area contributed by atoms with Crippen LogP contribution in [0, 0.1) is 80.8 Å². The predicted octanol–water partition coefficient (Wildman–Crippen LogP) is 10.4. The van der Waals surface area contributed by atoms with Crippen LogP contribution in [0.25, 0.3) is 0 Å². The van der Waals surface area contributed by atoms with Crippen molar-refractivity contribution in [2.45, 2.75) is 170 Å². The monoisotopic (exact) mass is 959 g/mol. The van der Waals surface area contributed by atoms with E-state index >= 15 is 0 Å². The topological polar surface area (TPSA) is 138 Å². The van der Waals surface area contributed by atoms with E-state index in [0.717, 1.165) is 73.2 Å². The number of fused-ring (bicyclic) bond motifs is 9. The molecule has 0 spiro atoms. The van der Waals surface area contributed by atoms with Crippen molar-refractivity contribution in [3.63, 3.8) is 0 Å². The van der Waals surface area contributed by atoms with E-state index in [1.807, 2.05) is 13.0 Å². The number of hydrogen-bond donors (Lipinski definition) is 2. The molecule has 10 nitrogen and oxygen atoms in total. The van der Waals surface area contributed by atoms with Crippen LogP contribution in [-0.2, 0) is 38.1 Å². The van der Waals surface area contributed by atoms with Crippen molar-refractivity contribution in [2.75, 3.05) is 52.9 Å². The first-order chi connectivity index (χ1) is 32.9. The molecule has 0 aromatic carbocycles. The Labute approximate surface area is 415 Å². The molecule has 386 valence electrons. The number of esters is 1. The summed E-state index contributed by atoms with van der Waals surface area (Å²) in [7, 11) is 0. The van der Waals surface area contributed by atoms with Crippen molar-refractivity contribution in [3.05, 3.63) is 47.6 Å². The number of aliphatic hydroxyl groups excluding tert-OH is 1. The van der Waals surface area contributed by atoms with Crippen molar-refractivity contribution >= 4 is 17.5 Å². The SMILES string of the molecule is CC[C@H](C/C=C/[C@@H](C)[C@H]1CC[C@H]2[C@@H]3CC=C4C[C@@H](OCCOCCOCCOCC(=O)OCC(=O)[C@@]5(O)CC[C@H]6C[C@@H]7CCC8=CC(=O)C=C[C@]8(C)[C@H]7[C@@H](O)[C@@]65C)CC[C@]4(C)[C@H]3CC[C@]12C)C(C)C. The molecule has 0 unspecified atom stereocenters. The number of ether oxygens (including phenoxy) is 5. The Balaban J connectivity index is 0.683. The van der Waals surface area contributed by atoms with Gasteiger partial charge in [0, 0.05) is 16.7 Å². The van der Waals surface area contributed by atoms with Crippen LogP contribution in [0.15, 0.2) is 47.6 Å². The summed E-state index contributed by atoms with van der Waals surface area (Å²) in [6.45, 7) is 20.2. The lowest BCUT2D eigenvalue weighted by Gasteiger charge is -2.60. The van der Waals surface area contributed by atoms with E-state index in [9.17, 15) is 24.6 Å².